The Morgan fingerprint density at radius 2 is 2.36 bits per heavy atom. The quantitative estimate of drug-likeness (QED) is 0.384. The monoisotopic (exact) mass is 235 g/mol. The van der Waals surface area contributed by atoms with E-state index in [0.717, 1.165) is 0 Å². The fourth-order valence-electron chi connectivity index (χ4n) is 0.783. The summed E-state index contributed by atoms with van der Waals surface area (Å²) in [6.07, 6.45) is 1.19. The zero-order chi connectivity index (χ0) is 10.8. The Labute approximate surface area is 86.1 Å². The van der Waals surface area contributed by atoms with Gasteiger partial charge in [0.2, 0.25) is 0 Å². The van der Waals surface area contributed by atoms with E-state index in [0.29, 0.717) is 5.69 Å². The van der Waals surface area contributed by atoms with E-state index >= 15 is 0 Å². The fourth-order valence-corrected chi connectivity index (χ4v) is 1.89. The van der Waals surface area contributed by atoms with Crippen LogP contribution in [-0.2, 0) is 10.0 Å². The molecule has 1 rings (SSSR count). The van der Waals surface area contributed by atoms with Crippen LogP contribution in [0.2, 0.25) is 0 Å². The Bertz CT molecular complexity index is 437. The minimum Gasteiger partial charge on any atom is -0.375 e. The lowest BCUT2D eigenvalue weighted by Crippen LogP contribution is -2.44. The molecule has 1 aromatic heterocycles. The molecule has 0 aromatic carbocycles. The summed E-state index contributed by atoms with van der Waals surface area (Å²) in [7, 11) is -3.67. The van der Waals surface area contributed by atoms with Crippen molar-refractivity contribution in [1.29, 1.82) is 0 Å². The van der Waals surface area contributed by atoms with Crippen LogP contribution in [0.3, 0.4) is 0 Å². The van der Waals surface area contributed by atoms with Gasteiger partial charge in [-0.2, -0.15) is 5.10 Å². The van der Waals surface area contributed by atoms with E-state index in [1.807, 2.05) is 4.83 Å². The number of sulfonamides is 1. The fraction of sp³-hybridized carbons (Fsp3) is 0.200. The lowest BCUT2D eigenvalue weighted by molar-refractivity contribution is 0.577. The third-order valence-electron chi connectivity index (χ3n) is 1.38. The first-order chi connectivity index (χ1) is 6.43. The molecule has 1 heterocycles. The average Bonchev–Trinajstić information content (AvgIpc) is 2.48. The third-order valence-corrected chi connectivity index (χ3v) is 2.85. The van der Waals surface area contributed by atoms with Crippen LogP contribution in [0.1, 0.15) is 5.69 Å². The van der Waals surface area contributed by atoms with Crippen molar-refractivity contribution >= 4 is 27.4 Å². The Hall–Kier alpha value is -1.19. The van der Waals surface area contributed by atoms with Gasteiger partial charge in [-0.3, -0.25) is 10.5 Å². The van der Waals surface area contributed by atoms with Crippen LogP contribution >= 0.6 is 12.2 Å². The molecule has 0 spiro atoms. The maximum atomic E-state index is 11.5. The number of rotatable bonds is 3. The molecule has 14 heavy (non-hydrogen) atoms. The van der Waals surface area contributed by atoms with Gasteiger partial charge in [0, 0.05) is 0 Å². The number of aryl methyl sites for hydroxylation is 1. The highest BCUT2D eigenvalue weighted by molar-refractivity contribution is 7.89. The van der Waals surface area contributed by atoms with Crippen molar-refractivity contribution in [2.24, 2.45) is 5.73 Å². The Morgan fingerprint density at radius 1 is 1.71 bits per heavy atom. The first-order valence-electron chi connectivity index (χ1n) is 3.50. The minimum atomic E-state index is -3.67. The smallest absolute Gasteiger partial charge is 0.260 e. The average molecular weight is 235 g/mol. The Kier molecular flexibility index (Phi) is 3.03. The Morgan fingerprint density at radius 3 is 2.79 bits per heavy atom. The van der Waals surface area contributed by atoms with Crippen molar-refractivity contribution in [3.8, 4) is 0 Å². The summed E-state index contributed by atoms with van der Waals surface area (Å²) in [5.74, 6) is 0. The molecule has 0 saturated carbocycles. The standard InChI is InChI=1S/C5H9N5O2S2/c1-3-4(2-7-8-3)14(11,12)10-9-5(6)13/h2,10H,1H3,(H,7,8)(H3,6,9,13). The predicted molar refractivity (Wildman–Crippen MR) is 53.6 cm³/mol. The molecule has 0 fully saturated rings. The van der Waals surface area contributed by atoms with Crippen molar-refractivity contribution < 1.29 is 8.42 Å². The summed E-state index contributed by atoms with van der Waals surface area (Å²) in [4.78, 5) is 2.04. The van der Waals surface area contributed by atoms with E-state index in [4.69, 9.17) is 5.73 Å². The highest BCUT2D eigenvalue weighted by atomic mass is 32.2. The van der Waals surface area contributed by atoms with Gasteiger partial charge in [-0.1, -0.05) is 0 Å². The molecule has 5 N–H and O–H groups in total. The highest BCUT2D eigenvalue weighted by Crippen LogP contribution is 2.09. The van der Waals surface area contributed by atoms with E-state index in [-0.39, 0.29) is 10.0 Å². The zero-order valence-electron chi connectivity index (χ0n) is 7.23. The van der Waals surface area contributed by atoms with Gasteiger partial charge >= 0.3 is 0 Å². The molecule has 9 heteroatoms. The molecule has 0 bridgehead atoms. The molecular formula is C5H9N5O2S2. The maximum Gasteiger partial charge on any atom is 0.260 e. The third kappa shape index (κ3) is 2.40. The van der Waals surface area contributed by atoms with Crippen LogP contribution in [0.25, 0.3) is 0 Å². The molecule has 0 aliphatic rings. The molecule has 0 atom stereocenters. The summed E-state index contributed by atoms with van der Waals surface area (Å²) >= 11 is 4.44. The number of H-pyrrole nitrogens is 1. The molecule has 0 aliphatic carbocycles. The van der Waals surface area contributed by atoms with Crippen molar-refractivity contribution in [1.82, 2.24) is 20.5 Å². The molecule has 0 saturated heterocycles. The SMILES string of the molecule is Cc1[nH]ncc1S(=O)(=O)NNC(N)=S. The number of hydrogen-bond acceptors (Lipinski definition) is 4. The van der Waals surface area contributed by atoms with Crippen LogP contribution in [0.5, 0.6) is 0 Å². The van der Waals surface area contributed by atoms with Gasteiger partial charge in [0.25, 0.3) is 10.0 Å². The topological polar surface area (TPSA) is 113 Å². The summed E-state index contributed by atoms with van der Waals surface area (Å²) in [6, 6.07) is 0. The largest absolute Gasteiger partial charge is 0.375 e. The second-order valence-electron chi connectivity index (χ2n) is 2.45. The zero-order valence-corrected chi connectivity index (χ0v) is 8.87. The maximum absolute atomic E-state index is 11.5. The lowest BCUT2D eigenvalue weighted by Gasteiger charge is -2.05. The number of nitrogens with zero attached hydrogens (tertiary/aromatic N) is 1. The first kappa shape index (κ1) is 10.9. The molecule has 0 radical (unpaired) electrons. The first-order valence-corrected chi connectivity index (χ1v) is 5.40. The van der Waals surface area contributed by atoms with E-state index < -0.39 is 10.0 Å². The van der Waals surface area contributed by atoms with E-state index in [1.54, 1.807) is 6.92 Å². The number of nitrogens with two attached hydrogens (primary N) is 1. The van der Waals surface area contributed by atoms with Crippen LogP contribution in [0.4, 0.5) is 0 Å². The second-order valence-corrected chi connectivity index (χ2v) is 4.54. The molecular weight excluding hydrogens is 226 g/mol. The second kappa shape index (κ2) is 3.90. The van der Waals surface area contributed by atoms with Gasteiger partial charge in [-0.05, 0) is 19.1 Å². The van der Waals surface area contributed by atoms with Gasteiger partial charge in [0.05, 0.1) is 11.9 Å². The lowest BCUT2D eigenvalue weighted by atomic mass is 10.5. The van der Waals surface area contributed by atoms with Crippen LogP contribution in [-0.4, -0.2) is 23.7 Å². The van der Waals surface area contributed by atoms with E-state index in [2.05, 4.69) is 27.8 Å². The number of nitrogens with one attached hydrogen (secondary N) is 3. The molecule has 0 amide bonds. The van der Waals surface area contributed by atoms with Gasteiger partial charge in [0.1, 0.15) is 4.90 Å². The summed E-state index contributed by atoms with van der Waals surface area (Å²) in [5.41, 5.74) is 7.62. The van der Waals surface area contributed by atoms with Gasteiger partial charge in [-0.15, -0.1) is 4.83 Å². The molecule has 0 aliphatic heterocycles. The van der Waals surface area contributed by atoms with Crippen molar-refractivity contribution in [2.45, 2.75) is 11.8 Å². The minimum absolute atomic E-state index is 0.0428. The number of aromatic nitrogens is 2. The van der Waals surface area contributed by atoms with Gasteiger partial charge in [-0.25, -0.2) is 8.42 Å². The number of aromatic amines is 1. The molecule has 0 unspecified atom stereocenters. The van der Waals surface area contributed by atoms with Crippen LogP contribution in [0, 0.1) is 6.92 Å². The number of hydrogen-bond donors (Lipinski definition) is 4. The van der Waals surface area contributed by atoms with Gasteiger partial charge in [0.15, 0.2) is 5.11 Å². The van der Waals surface area contributed by atoms with Gasteiger partial charge < -0.3 is 5.73 Å². The molecule has 7 nitrogen and oxygen atoms in total. The Balaban J connectivity index is 2.87. The summed E-state index contributed by atoms with van der Waals surface area (Å²) in [5, 5.41) is 5.92. The highest BCUT2D eigenvalue weighted by Gasteiger charge is 2.17. The van der Waals surface area contributed by atoms with Crippen LogP contribution in [0.15, 0.2) is 11.1 Å². The van der Waals surface area contributed by atoms with Crippen molar-refractivity contribution in [3.63, 3.8) is 0 Å². The number of hydrazine groups is 1. The van der Waals surface area contributed by atoms with E-state index in [9.17, 15) is 8.42 Å². The van der Waals surface area contributed by atoms with E-state index in [1.165, 1.54) is 6.20 Å². The predicted octanol–water partition coefficient (Wildman–Crippen LogP) is -1.26. The summed E-state index contributed by atoms with van der Waals surface area (Å²) < 4.78 is 22.9. The van der Waals surface area contributed by atoms with Crippen LogP contribution < -0.4 is 16.0 Å². The van der Waals surface area contributed by atoms with Crippen molar-refractivity contribution in [3.05, 3.63) is 11.9 Å². The number of thiocarbonyl (C=S) groups is 1. The van der Waals surface area contributed by atoms with Crippen molar-refractivity contribution in [2.75, 3.05) is 0 Å². The molecule has 78 valence electrons. The summed E-state index contributed by atoms with van der Waals surface area (Å²) in [6.45, 7) is 1.59. The normalized spacial score (nSPS) is 11.2. The molecule has 1 aromatic rings.